The van der Waals surface area contributed by atoms with Crippen molar-refractivity contribution in [3.05, 3.63) is 29.8 Å². The summed E-state index contributed by atoms with van der Waals surface area (Å²) in [5.41, 5.74) is 1.94. The molecule has 0 aliphatic heterocycles. The quantitative estimate of drug-likeness (QED) is 0.810. The Hall–Kier alpha value is -1.51. The van der Waals surface area contributed by atoms with E-state index < -0.39 is 5.97 Å². The van der Waals surface area contributed by atoms with Gasteiger partial charge in [-0.15, -0.1) is 0 Å². The molecule has 0 aromatic heterocycles. The molecular formula is C15H21NO2. The van der Waals surface area contributed by atoms with Gasteiger partial charge in [0.15, 0.2) is 0 Å². The van der Waals surface area contributed by atoms with Crippen LogP contribution in [0.25, 0.3) is 0 Å². The molecule has 0 heterocycles. The second-order valence-electron chi connectivity index (χ2n) is 5.13. The molecule has 0 unspecified atom stereocenters. The van der Waals surface area contributed by atoms with Crippen LogP contribution in [0.4, 0.5) is 5.69 Å². The third-order valence-corrected chi connectivity index (χ3v) is 3.67. The molecule has 2 N–H and O–H groups in total. The second-order valence-corrected chi connectivity index (χ2v) is 5.13. The standard InChI is InChI=1S/C15H21NO2/c17-15(18)11-13-5-7-14(8-6-13)16-10-9-12-3-1-2-4-12/h5-8,12,16H,1-4,9-11H2,(H,17,18). The molecule has 98 valence electrons. The number of rotatable bonds is 6. The molecule has 1 aromatic rings. The molecule has 0 atom stereocenters. The molecule has 3 nitrogen and oxygen atoms in total. The summed E-state index contributed by atoms with van der Waals surface area (Å²) in [6, 6.07) is 7.69. The molecule has 0 radical (unpaired) electrons. The smallest absolute Gasteiger partial charge is 0.307 e. The van der Waals surface area contributed by atoms with Crippen LogP contribution in [0.15, 0.2) is 24.3 Å². The van der Waals surface area contributed by atoms with E-state index in [1.54, 1.807) is 0 Å². The van der Waals surface area contributed by atoms with Crippen LogP contribution >= 0.6 is 0 Å². The normalized spacial score (nSPS) is 15.8. The lowest BCUT2D eigenvalue weighted by Gasteiger charge is -2.11. The van der Waals surface area contributed by atoms with Crippen LogP contribution in [0, 0.1) is 5.92 Å². The highest BCUT2D eigenvalue weighted by Gasteiger charge is 2.13. The number of anilines is 1. The Kier molecular flexibility index (Phi) is 4.62. The van der Waals surface area contributed by atoms with Crippen LogP contribution < -0.4 is 5.32 Å². The number of carboxylic acid groups (broad SMARTS) is 1. The molecular weight excluding hydrogens is 226 g/mol. The molecule has 0 amide bonds. The highest BCUT2D eigenvalue weighted by atomic mass is 16.4. The number of hydrogen-bond acceptors (Lipinski definition) is 2. The van der Waals surface area contributed by atoms with Gasteiger partial charge in [-0.25, -0.2) is 0 Å². The van der Waals surface area contributed by atoms with Gasteiger partial charge in [-0.3, -0.25) is 4.79 Å². The minimum Gasteiger partial charge on any atom is -0.481 e. The van der Waals surface area contributed by atoms with Gasteiger partial charge in [-0.05, 0) is 30.0 Å². The summed E-state index contributed by atoms with van der Waals surface area (Å²) in [6.45, 7) is 1.02. The van der Waals surface area contributed by atoms with Gasteiger partial charge in [0.25, 0.3) is 0 Å². The molecule has 1 fully saturated rings. The summed E-state index contributed by atoms with van der Waals surface area (Å²) in [5.74, 6) is 0.126. The largest absolute Gasteiger partial charge is 0.481 e. The lowest BCUT2D eigenvalue weighted by atomic mass is 10.0. The molecule has 1 aliphatic rings. The average Bonchev–Trinajstić information content (AvgIpc) is 2.84. The Morgan fingerprint density at radius 1 is 1.22 bits per heavy atom. The van der Waals surface area contributed by atoms with Gasteiger partial charge < -0.3 is 10.4 Å². The first-order valence-electron chi connectivity index (χ1n) is 6.78. The lowest BCUT2D eigenvalue weighted by molar-refractivity contribution is -0.136. The van der Waals surface area contributed by atoms with E-state index in [2.05, 4.69) is 5.32 Å². The molecule has 0 bridgehead atoms. The summed E-state index contributed by atoms with van der Waals surface area (Å²) in [5, 5.41) is 12.1. The first-order chi connectivity index (χ1) is 8.74. The fraction of sp³-hybridized carbons (Fsp3) is 0.533. The first kappa shape index (κ1) is 12.9. The SMILES string of the molecule is O=C(O)Cc1ccc(NCCC2CCCC2)cc1. The molecule has 2 rings (SSSR count). The number of benzene rings is 1. The molecule has 1 saturated carbocycles. The Morgan fingerprint density at radius 2 is 1.89 bits per heavy atom. The minimum atomic E-state index is -0.781. The third-order valence-electron chi connectivity index (χ3n) is 3.67. The van der Waals surface area contributed by atoms with Crippen molar-refractivity contribution in [2.75, 3.05) is 11.9 Å². The summed E-state index contributed by atoms with van der Waals surface area (Å²) in [6.07, 6.45) is 6.92. The molecule has 1 aromatic carbocycles. The van der Waals surface area contributed by atoms with E-state index in [4.69, 9.17) is 5.11 Å². The monoisotopic (exact) mass is 247 g/mol. The average molecular weight is 247 g/mol. The van der Waals surface area contributed by atoms with Gasteiger partial charge in [0.1, 0.15) is 0 Å². The molecule has 1 aliphatic carbocycles. The molecule has 0 spiro atoms. The van der Waals surface area contributed by atoms with E-state index in [-0.39, 0.29) is 6.42 Å². The van der Waals surface area contributed by atoms with Crippen LogP contribution in [-0.2, 0) is 11.2 Å². The number of nitrogens with one attached hydrogen (secondary N) is 1. The predicted molar refractivity (Wildman–Crippen MR) is 72.8 cm³/mol. The third kappa shape index (κ3) is 4.06. The van der Waals surface area contributed by atoms with E-state index in [1.165, 1.54) is 32.1 Å². The Balaban J connectivity index is 1.73. The van der Waals surface area contributed by atoms with Crippen molar-refractivity contribution in [2.45, 2.75) is 38.5 Å². The van der Waals surface area contributed by atoms with Crippen molar-refractivity contribution in [3.63, 3.8) is 0 Å². The van der Waals surface area contributed by atoms with Crippen LogP contribution in [0.2, 0.25) is 0 Å². The van der Waals surface area contributed by atoms with Gasteiger partial charge in [0, 0.05) is 12.2 Å². The highest BCUT2D eigenvalue weighted by Crippen LogP contribution is 2.27. The van der Waals surface area contributed by atoms with Gasteiger partial charge in [-0.2, -0.15) is 0 Å². The van der Waals surface area contributed by atoms with Crippen LogP contribution in [0.1, 0.15) is 37.7 Å². The molecule has 18 heavy (non-hydrogen) atoms. The van der Waals surface area contributed by atoms with Crippen molar-refractivity contribution in [3.8, 4) is 0 Å². The van der Waals surface area contributed by atoms with E-state index in [0.717, 1.165) is 23.7 Å². The van der Waals surface area contributed by atoms with Crippen molar-refractivity contribution in [1.29, 1.82) is 0 Å². The second kappa shape index (κ2) is 6.43. The maximum absolute atomic E-state index is 10.6. The maximum atomic E-state index is 10.6. The van der Waals surface area contributed by atoms with E-state index in [9.17, 15) is 4.79 Å². The zero-order valence-corrected chi connectivity index (χ0v) is 10.7. The van der Waals surface area contributed by atoms with E-state index in [0.29, 0.717) is 0 Å². The fourth-order valence-corrected chi connectivity index (χ4v) is 2.63. The van der Waals surface area contributed by atoms with E-state index in [1.807, 2.05) is 24.3 Å². The summed E-state index contributed by atoms with van der Waals surface area (Å²) >= 11 is 0. The first-order valence-corrected chi connectivity index (χ1v) is 6.78. The number of hydrogen-bond donors (Lipinski definition) is 2. The van der Waals surface area contributed by atoms with Gasteiger partial charge in [0.2, 0.25) is 0 Å². The minimum absolute atomic E-state index is 0.0996. The van der Waals surface area contributed by atoms with Gasteiger partial charge in [-0.1, -0.05) is 37.8 Å². The zero-order chi connectivity index (χ0) is 12.8. The number of carbonyl (C=O) groups is 1. The lowest BCUT2D eigenvalue weighted by Crippen LogP contribution is -2.06. The fourth-order valence-electron chi connectivity index (χ4n) is 2.63. The van der Waals surface area contributed by atoms with Crippen molar-refractivity contribution in [1.82, 2.24) is 0 Å². The number of carboxylic acids is 1. The molecule has 3 heteroatoms. The van der Waals surface area contributed by atoms with Crippen molar-refractivity contribution in [2.24, 2.45) is 5.92 Å². The Labute approximate surface area is 108 Å². The van der Waals surface area contributed by atoms with E-state index >= 15 is 0 Å². The van der Waals surface area contributed by atoms with Gasteiger partial charge in [0.05, 0.1) is 6.42 Å². The van der Waals surface area contributed by atoms with Gasteiger partial charge >= 0.3 is 5.97 Å². The summed E-state index contributed by atoms with van der Waals surface area (Å²) in [4.78, 5) is 10.6. The van der Waals surface area contributed by atoms with Crippen molar-refractivity contribution < 1.29 is 9.90 Å². The zero-order valence-electron chi connectivity index (χ0n) is 10.7. The summed E-state index contributed by atoms with van der Waals surface area (Å²) in [7, 11) is 0. The number of aliphatic carboxylic acids is 1. The molecule has 0 saturated heterocycles. The van der Waals surface area contributed by atoms with Crippen LogP contribution in [0.5, 0.6) is 0 Å². The Morgan fingerprint density at radius 3 is 2.50 bits per heavy atom. The predicted octanol–water partition coefficient (Wildman–Crippen LogP) is 3.31. The summed E-state index contributed by atoms with van der Waals surface area (Å²) < 4.78 is 0. The topological polar surface area (TPSA) is 49.3 Å². The highest BCUT2D eigenvalue weighted by molar-refractivity contribution is 5.70. The van der Waals surface area contributed by atoms with Crippen LogP contribution in [-0.4, -0.2) is 17.6 Å². The van der Waals surface area contributed by atoms with Crippen molar-refractivity contribution >= 4 is 11.7 Å². The van der Waals surface area contributed by atoms with Crippen LogP contribution in [0.3, 0.4) is 0 Å². The maximum Gasteiger partial charge on any atom is 0.307 e. The Bertz CT molecular complexity index is 380.